The smallest absolute Gasteiger partial charge is 0.243 e. The largest absolute Gasteiger partial charge is 0.314 e. The topological polar surface area (TPSA) is 70.2 Å². The van der Waals surface area contributed by atoms with E-state index in [1.165, 1.54) is 11.3 Å². The fourth-order valence-corrected chi connectivity index (χ4v) is 2.39. The van der Waals surface area contributed by atoms with E-state index in [0.717, 1.165) is 31.2 Å². The number of rotatable bonds is 3. The third-order valence-electron chi connectivity index (χ3n) is 2.83. The molecule has 17 heavy (non-hydrogen) atoms. The zero-order valence-corrected chi connectivity index (χ0v) is 10.9. The van der Waals surface area contributed by atoms with Crippen LogP contribution in [0.5, 0.6) is 0 Å². The summed E-state index contributed by atoms with van der Waals surface area (Å²) in [7, 11) is 0. The number of carbonyl (C=O) groups is 1. The Balaban J connectivity index is 1.90. The van der Waals surface area contributed by atoms with E-state index in [-0.39, 0.29) is 11.9 Å². The van der Waals surface area contributed by atoms with Crippen LogP contribution in [-0.2, 0) is 4.79 Å². The minimum Gasteiger partial charge on any atom is -0.314 e. The monoisotopic (exact) mass is 255 g/mol. The van der Waals surface area contributed by atoms with Crippen molar-refractivity contribution in [1.82, 2.24) is 20.4 Å². The highest BCUT2D eigenvalue weighted by Gasteiger charge is 2.23. The molecule has 2 rings (SSSR count). The molecule has 0 spiro atoms. The number of anilines is 1. The van der Waals surface area contributed by atoms with Gasteiger partial charge in [0.05, 0.1) is 6.04 Å². The minimum atomic E-state index is -0.124. The van der Waals surface area contributed by atoms with Crippen LogP contribution in [0.4, 0.5) is 5.13 Å². The highest BCUT2D eigenvalue weighted by atomic mass is 32.1. The number of nitrogens with zero attached hydrogens (tertiary/aromatic N) is 3. The van der Waals surface area contributed by atoms with Gasteiger partial charge in [-0.25, -0.2) is 0 Å². The molecule has 6 nitrogen and oxygen atoms in total. The first kappa shape index (κ1) is 12.4. The molecule has 1 atom stereocenters. The van der Waals surface area contributed by atoms with E-state index in [0.29, 0.717) is 5.13 Å². The number of aromatic nitrogens is 2. The van der Waals surface area contributed by atoms with Crippen molar-refractivity contribution in [2.45, 2.75) is 19.9 Å². The van der Waals surface area contributed by atoms with E-state index in [1.807, 2.05) is 13.8 Å². The van der Waals surface area contributed by atoms with Gasteiger partial charge in [0.1, 0.15) is 5.01 Å². The summed E-state index contributed by atoms with van der Waals surface area (Å²) < 4.78 is 0. The fourth-order valence-electron chi connectivity index (χ4n) is 1.79. The van der Waals surface area contributed by atoms with Crippen LogP contribution in [0.2, 0.25) is 0 Å². The third kappa shape index (κ3) is 3.21. The molecule has 1 aliphatic rings. The van der Waals surface area contributed by atoms with Crippen LogP contribution < -0.4 is 10.6 Å². The predicted molar refractivity (Wildman–Crippen MR) is 67.2 cm³/mol. The molecule has 1 saturated heterocycles. The van der Waals surface area contributed by atoms with Crippen molar-refractivity contribution in [2.24, 2.45) is 0 Å². The van der Waals surface area contributed by atoms with Crippen LogP contribution in [0.1, 0.15) is 11.9 Å². The maximum Gasteiger partial charge on any atom is 0.243 e. The van der Waals surface area contributed by atoms with Gasteiger partial charge in [-0.1, -0.05) is 11.3 Å². The van der Waals surface area contributed by atoms with Gasteiger partial charge in [-0.05, 0) is 13.8 Å². The van der Waals surface area contributed by atoms with E-state index in [2.05, 4.69) is 25.7 Å². The summed E-state index contributed by atoms with van der Waals surface area (Å²) >= 11 is 1.40. The zero-order chi connectivity index (χ0) is 12.3. The van der Waals surface area contributed by atoms with Crippen LogP contribution in [0.25, 0.3) is 0 Å². The molecule has 2 heterocycles. The molecule has 0 aliphatic carbocycles. The number of piperazine rings is 1. The van der Waals surface area contributed by atoms with Crippen LogP contribution in [0.15, 0.2) is 0 Å². The second-order valence-electron chi connectivity index (χ2n) is 4.08. The first-order chi connectivity index (χ1) is 8.16. The van der Waals surface area contributed by atoms with Crippen molar-refractivity contribution < 1.29 is 4.79 Å². The van der Waals surface area contributed by atoms with Gasteiger partial charge in [-0.15, -0.1) is 10.2 Å². The van der Waals surface area contributed by atoms with Crippen LogP contribution in [0, 0.1) is 6.92 Å². The Labute approximate surface area is 104 Å². The van der Waals surface area contributed by atoms with Gasteiger partial charge >= 0.3 is 0 Å². The summed E-state index contributed by atoms with van der Waals surface area (Å²) in [6.07, 6.45) is 0. The molecule has 94 valence electrons. The lowest BCUT2D eigenvalue weighted by Crippen LogP contribution is -2.51. The molecule has 1 aromatic heterocycles. The predicted octanol–water partition coefficient (Wildman–Crippen LogP) is 0.0787. The second kappa shape index (κ2) is 5.52. The summed E-state index contributed by atoms with van der Waals surface area (Å²) in [4.78, 5) is 14.2. The van der Waals surface area contributed by atoms with Gasteiger partial charge in [0.25, 0.3) is 0 Å². The Morgan fingerprint density at radius 3 is 2.76 bits per heavy atom. The molecule has 1 fully saturated rings. The van der Waals surface area contributed by atoms with Crippen LogP contribution in [0.3, 0.4) is 0 Å². The molecular formula is C10H17N5OS. The summed E-state index contributed by atoms with van der Waals surface area (Å²) in [5.41, 5.74) is 0. The van der Waals surface area contributed by atoms with Gasteiger partial charge in [-0.3, -0.25) is 15.0 Å². The summed E-state index contributed by atoms with van der Waals surface area (Å²) in [5.74, 6) is -0.0111. The van der Waals surface area contributed by atoms with Gasteiger partial charge in [0, 0.05) is 26.2 Å². The van der Waals surface area contributed by atoms with Crippen LogP contribution >= 0.6 is 11.3 Å². The first-order valence-electron chi connectivity index (χ1n) is 5.72. The van der Waals surface area contributed by atoms with Crippen molar-refractivity contribution in [3.05, 3.63) is 5.01 Å². The molecular weight excluding hydrogens is 238 g/mol. The summed E-state index contributed by atoms with van der Waals surface area (Å²) in [6, 6.07) is -0.124. The summed E-state index contributed by atoms with van der Waals surface area (Å²) in [5, 5.41) is 15.3. The Kier molecular flexibility index (Phi) is 4.03. The molecule has 0 aromatic carbocycles. The average Bonchev–Trinajstić information content (AvgIpc) is 2.75. The number of carbonyl (C=O) groups excluding carboxylic acids is 1. The number of amides is 1. The van der Waals surface area contributed by atoms with Gasteiger partial charge in [0.2, 0.25) is 11.0 Å². The highest BCUT2D eigenvalue weighted by molar-refractivity contribution is 7.15. The Morgan fingerprint density at radius 2 is 2.18 bits per heavy atom. The maximum atomic E-state index is 12.0. The standard InChI is InChI=1S/C10H17N5OS/c1-7(15-5-3-11-4-6-15)9(16)12-10-14-13-8(2)17-10/h7,11H,3-6H2,1-2H3,(H,12,14,16). The number of aryl methyl sites for hydroxylation is 1. The van der Waals surface area contributed by atoms with Crippen molar-refractivity contribution in [2.75, 3.05) is 31.5 Å². The van der Waals surface area contributed by atoms with E-state index in [1.54, 1.807) is 0 Å². The average molecular weight is 255 g/mol. The summed E-state index contributed by atoms with van der Waals surface area (Å²) in [6.45, 7) is 7.49. The molecule has 0 saturated carbocycles. The number of hydrogen-bond donors (Lipinski definition) is 2. The molecule has 2 N–H and O–H groups in total. The Bertz CT molecular complexity index is 388. The molecule has 0 radical (unpaired) electrons. The van der Waals surface area contributed by atoms with Gasteiger partial charge in [-0.2, -0.15) is 0 Å². The van der Waals surface area contributed by atoms with Crippen molar-refractivity contribution in [3.63, 3.8) is 0 Å². The van der Waals surface area contributed by atoms with Crippen molar-refractivity contribution >= 4 is 22.4 Å². The SMILES string of the molecule is Cc1nnc(NC(=O)C(C)N2CCNCC2)s1. The lowest BCUT2D eigenvalue weighted by Gasteiger charge is -2.31. The quantitative estimate of drug-likeness (QED) is 0.800. The van der Waals surface area contributed by atoms with Crippen LogP contribution in [-0.4, -0.2) is 53.2 Å². The number of hydrogen-bond acceptors (Lipinski definition) is 6. The molecule has 1 aliphatic heterocycles. The highest BCUT2D eigenvalue weighted by Crippen LogP contribution is 2.14. The van der Waals surface area contributed by atoms with E-state index < -0.39 is 0 Å². The van der Waals surface area contributed by atoms with E-state index in [9.17, 15) is 4.79 Å². The molecule has 7 heteroatoms. The lowest BCUT2D eigenvalue weighted by atomic mass is 10.2. The van der Waals surface area contributed by atoms with E-state index >= 15 is 0 Å². The van der Waals surface area contributed by atoms with Gasteiger partial charge in [0.15, 0.2) is 0 Å². The number of nitrogens with one attached hydrogen (secondary N) is 2. The van der Waals surface area contributed by atoms with Gasteiger partial charge < -0.3 is 5.32 Å². The fraction of sp³-hybridized carbons (Fsp3) is 0.700. The third-order valence-corrected chi connectivity index (χ3v) is 3.59. The Hall–Kier alpha value is -1.05. The first-order valence-corrected chi connectivity index (χ1v) is 6.54. The lowest BCUT2D eigenvalue weighted by molar-refractivity contribution is -0.120. The molecule has 0 bridgehead atoms. The molecule has 1 amide bonds. The zero-order valence-electron chi connectivity index (χ0n) is 10.1. The van der Waals surface area contributed by atoms with Crippen molar-refractivity contribution in [3.8, 4) is 0 Å². The minimum absolute atomic E-state index is 0.0111. The van der Waals surface area contributed by atoms with Crippen molar-refractivity contribution in [1.29, 1.82) is 0 Å². The molecule has 1 unspecified atom stereocenters. The van der Waals surface area contributed by atoms with E-state index in [4.69, 9.17) is 0 Å². The normalized spacial score (nSPS) is 18.9. The molecule has 1 aromatic rings. The Morgan fingerprint density at radius 1 is 1.47 bits per heavy atom. The maximum absolute atomic E-state index is 12.0. The second-order valence-corrected chi connectivity index (χ2v) is 5.26.